The van der Waals surface area contributed by atoms with Gasteiger partial charge in [0.05, 0.1) is 11.3 Å². The van der Waals surface area contributed by atoms with Crippen LogP contribution in [0.2, 0.25) is 0 Å². The molecule has 37 heavy (non-hydrogen) atoms. The molecule has 0 spiro atoms. The summed E-state index contributed by atoms with van der Waals surface area (Å²) < 4.78 is 32.9. The predicted octanol–water partition coefficient (Wildman–Crippen LogP) is 3.35. The van der Waals surface area contributed by atoms with E-state index in [0.717, 1.165) is 23.4 Å². The number of carbonyl (C=O) groups is 2. The summed E-state index contributed by atoms with van der Waals surface area (Å²) in [6.07, 6.45) is 5.88. The third-order valence-corrected chi connectivity index (χ3v) is 6.15. The van der Waals surface area contributed by atoms with Gasteiger partial charge in [0.15, 0.2) is 11.6 Å². The van der Waals surface area contributed by atoms with Crippen molar-refractivity contribution in [3.63, 3.8) is 0 Å². The highest BCUT2D eigenvalue weighted by Gasteiger charge is 2.33. The van der Waals surface area contributed by atoms with Crippen LogP contribution in [-0.2, 0) is 4.79 Å². The minimum Gasteiger partial charge on any atom is -0.504 e. The lowest BCUT2D eigenvalue weighted by molar-refractivity contribution is -0.136. The van der Waals surface area contributed by atoms with Gasteiger partial charge in [0.25, 0.3) is 5.91 Å². The SMILES string of the molecule is CC(C)[C@H](NC(=O)c1ccc(F)c(F)c1O)C(=O)N1CCC(Oc2ncc(-c3ccccn3)cn2)CC1. The number of carbonyl (C=O) groups excluding carboxylic acids is 2. The molecule has 2 N–H and O–H groups in total. The topological polar surface area (TPSA) is 118 Å². The Labute approximate surface area is 212 Å². The van der Waals surface area contributed by atoms with Gasteiger partial charge in [-0.15, -0.1) is 0 Å². The Balaban J connectivity index is 1.33. The number of aromatic nitrogens is 3. The van der Waals surface area contributed by atoms with Crippen molar-refractivity contribution in [3.05, 3.63) is 66.1 Å². The van der Waals surface area contributed by atoms with Crippen molar-refractivity contribution in [1.82, 2.24) is 25.2 Å². The molecule has 1 saturated heterocycles. The zero-order valence-electron chi connectivity index (χ0n) is 20.4. The van der Waals surface area contributed by atoms with Crippen molar-refractivity contribution in [2.24, 2.45) is 5.92 Å². The molecule has 1 fully saturated rings. The van der Waals surface area contributed by atoms with Gasteiger partial charge in [-0.2, -0.15) is 4.39 Å². The van der Waals surface area contributed by atoms with E-state index in [1.54, 1.807) is 37.3 Å². The zero-order chi connectivity index (χ0) is 26.5. The van der Waals surface area contributed by atoms with E-state index >= 15 is 0 Å². The Hall–Kier alpha value is -4.15. The second-order valence-corrected chi connectivity index (χ2v) is 9.06. The molecule has 0 unspecified atom stereocenters. The normalized spacial score (nSPS) is 14.9. The van der Waals surface area contributed by atoms with Gasteiger partial charge in [-0.3, -0.25) is 14.6 Å². The van der Waals surface area contributed by atoms with Crippen molar-refractivity contribution in [1.29, 1.82) is 0 Å². The first kappa shape index (κ1) is 25.9. The Kier molecular flexibility index (Phi) is 7.90. The first-order chi connectivity index (χ1) is 17.7. The number of nitrogens with one attached hydrogen (secondary N) is 1. The summed E-state index contributed by atoms with van der Waals surface area (Å²) in [6.45, 7) is 4.31. The molecule has 3 aromatic rings. The molecule has 11 heteroatoms. The van der Waals surface area contributed by atoms with Crippen LogP contribution in [0.4, 0.5) is 8.78 Å². The standard InChI is InChI=1S/C26H27F2N5O4/c1-15(2)22(32-24(35)18-6-7-19(27)21(28)23(18)34)25(36)33-11-8-17(9-12-33)37-26-30-13-16(14-31-26)20-5-3-4-10-29-20/h3-7,10,13-15,17,22,34H,8-9,11-12H2,1-2H3,(H,32,35)/t22-/m0/s1. The number of hydrogen-bond acceptors (Lipinski definition) is 7. The highest BCUT2D eigenvalue weighted by Crippen LogP contribution is 2.24. The Bertz CT molecular complexity index is 1250. The molecule has 1 aliphatic heterocycles. The molecule has 0 saturated carbocycles. The van der Waals surface area contributed by atoms with Crippen LogP contribution in [0.25, 0.3) is 11.3 Å². The molecule has 2 amide bonds. The van der Waals surface area contributed by atoms with Crippen LogP contribution < -0.4 is 10.1 Å². The van der Waals surface area contributed by atoms with E-state index in [1.807, 2.05) is 18.2 Å². The summed E-state index contributed by atoms with van der Waals surface area (Å²) in [5.41, 5.74) is 1.08. The number of halogens is 2. The van der Waals surface area contributed by atoms with E-state index in [9.17, 15) is 23.5 Å². The van der Waals surface area contributed by atoms with E-state index in [4.69, 9.17) is 4.74 Å². The number of rotatable bonds is 7. The smallest absolute Gasteiger partial charge is 0.316 e. The number of amides is 2. The number of piperidine rings is 1. The summed E-state index contributed by atoms with van der Waals surface area (Å²) in [5, 5.41) is 12.4. The Morgan fingerprint density at radius 1 is 1.08 bits per heavy atom. The summed E-state index contributed by atoms with van der Waals surface area (Å²) in [5.74, 6) is -5.35. The van der Waals surface area contributed by atoms with Gasteiger partial charge in [0.2, 0.25) is 11.7 Å². The maximum Gasteiger partial charge on any atom is 0.316 e. The van der Waals surface area contributed by atoms with Gasteiger partial charge in [0, 0.05) is 50.1 Å². The molecule has 0 bridgehead atoms. The first-order valence-electron chi connectivity index (χ1n) is 11.9. The van der Waals surface area contributed by atoms with Crippen molar-refractivity contribution in [2.45, 2.75) is 38.8 Å². The maximum absolute atomic E-state index is 13.7. The predicted molar refractivity (Wildman–Crippen MR) is 130 cm³/mol. The second kappa shape index (κ2) is 11.3. The molecule has 3 heterocycles. The highest BCUT2D eigenvalue weighted by atomic mass is 19.2. The fourth-order valence-electron chi connectivity index (χ4n) is 4.04. The largest absolute Gasteiger partial charge is 0.504 e. The lowest BCUT2D eigenvalue weighted by Crippen LogP contribution is -2.53. The second-order valence-electron chi connectivity index (χ2n) is 9.06. The Morgan fingerprint density at radius 2 is 1.78 bits per heavy atom. The van der Waals surface area contributed by atoms with Gasteiger partial charge >= 0.3 is 6.01 Å². The van der Waals surface area contributed by atoms with Crippen molar-refractivity contribution in [2.75, 3.05) is 13.1 Å². The molecule has 1 aliphatic rings. The molecule has 0 aliphatic carbocycles. The van der Waals surface area contributed by atoms with Gasteiger partial charge < -0.3 is 20.1 Å². The third-order valence-electron chi connectivity index (χ3n) is 6.15. The summed E-state index contributed by atoms with van der Waals surface area (Å²) >= 11 is 0. The lowest BCUT2D eigenvalue weighted by atomic mass is 9.99. The number of benzene rings is 1. The Morgan fingerprint density at radius 3 is 2.41 bits per heavy atom. The molecule has 194 valence electrons. The highest BCUT2D eigenvalue weighted by molar-refractivity contribution is 5.99. The van der Waals surface area contributed by atoms with Crippen LogP contribution >= 0.6 is 0 Å². The van der Waals surface area contributed by atoms with Crippen molar-refractivity contribution >= 4 is 11.8 Å². The summed E-state index contributed by atoms with van der Waals surface area (Å²) in [7, 11) is 0. The summed E-state index contributed by atoms with van der Waals surface area (Å²) in [4.78, 5) is 40.2. The van der Waals surface area contributed by atoms with Crippen molar-refractivity contribution in [3.8, 4) is 23.0 Å². The maximum atomic E-state index is 13.7. The minimum atomic E-state index is -1.52. The first-order valence-corrected chi connectivity index (χ1v) is 11.9. The number of phenolic OH excluding ortho intramolecular Hbond substituents is 1. The molecule has 2 aromatic heterocycles. The van der Waals surface area contributed by atoms with E-state index in [1.165, 1.54) is 0 Å². The van der Waals surface area contributed by atoms with Crippen LogP contribution in [0.15, 0.2) is 48.9 Å². The van der Waals surface area contributed by atoms with Gasteiger partial charge in [-0.25, -0.2) is 14.4 Å². The zero-order valence-corrected chi connectivity index (χ0v) is 20.4. The number of ether oxygens (including phenoxy) is 1. The molecule has 1 atom stereocenters. The number of phenols is 1. The molecule has 4 rings (SSSR count). The van der Waals surface area contributed by atoms with Gasteiger partial charge in [-0.05, 0) is 30.2 Å². The monoisotopic (exact) mass is 511 g/mol. The fourth-order valence-corrected chi connectivity index (χ4v) is 4.04. The van der Waals surface area contributed by atoms with Crippen molar-refractivity contribution < 1.29 is 28.2 Å². The van der Waals surface area contributed by atoms with E-state index < -0.39 is 34.9 Å². The quantitative estimate of drug-likeness (QED) is 0.500. The number of pyridine rings is 1. The lowest BCUT2D eigenvalue weighted by Gasteiger charge is -2.35. The molecule has 0 radical (unpaired) electrons. The van der Waals surface area contributed by atoms with Gasteiger partial charge in [0.1, 0.15) is 12.1 Å². The van der Waals surface area contributed by atoms with Crippen LogP contribution in [0.5, 0.6) is 11.8 Å². The molecular formula is C26H27F2N5O4. The van der Waals surface area contributed by atoms with E-state index in [-0.39, 0.29) is 23.9 Å². The fraction of sp³-hybridized carbons (Fsp3) is 0.346. The number of likely N-dealkylation sites (tertiary alicyclic amines) is 1. The van der Waals surface area contributed by atoms with E-state index in [0.29, 0.717) is 25.9 Å². The average Bonchev–Trinajstić information content (AvgIpc) is 2.91. The molecule has 9 nitrogen and oxygen atoms in total. The van der Waals surface area contributed by atoms with Crippen LogP contribution in [0.3, 0.4) is 0 Å². The van der Waals surface area contributed by atoms with Gasteiger partial charge in [-0.1, -0.05) is 19.9 Å². The molecular weight excluding hydrogens is 484 g/mol. The third kappa shape index (κ3) is 5.99. The van der Waals surface area contributed by atoms with Crippen LogP contribution in [0.1, 0.15) is 37.0 Å². The van der Waals surface area contributed by atoms with E-state index in [2.05, 4.69) is 20.3 Å². The average molecular weight is 512 g/mol. The number of nitrogens with zero attached hydrogens (tertiary/aromatic N) is 4. The number of hydrogen-bond donors (Lipinski definition) is 2. The summed E-state index contributed by atoms with van der Waals surface area (Å²) in [6, 6.07) is 6.61. The number of aromatic hydroxyl groups is 1. The minimum absolute atomic E-state index is 0.184. The van der Waals surface area contributed by atoms with Crippen LogP contribution in [-0.4, -0.2) is 62.0 Å². The van der Waals surface area contributed by atoms with Crippen LogP contribution in [0, 0.1) is 17.6 Å². The molecule has 1 aromatic carbocycles.